The molecule has 0 atom stereocenters. The molecule has 0 spiro atoms. The minimum Gasteiger partial charge on any atom is -0.486 e. The molecule has 1 saturated carbocycles. The summed E-state index contributed by atoms with van der Waals surface area (Å²) in [6, 6.07) is 4.09. The fourth-order valence-corrected chi connectivity index (χ4v) is 1.30. The first-order valence-corrected chi connectivity index (χ1v) is 5.33. The molecule has 1 aromatic heterocycles. The Morgan fingerprint density at radius 1 is 1.44 bits per heavy atom. The maximum Gasteiger partial charge on any atom is 0.272 e. The molecule has 1 aliphatic carbocycles. The first kappa shape index (κ1) is 11.3. The molecule has 2 rings (SSSR count). The summed E-state index contributed by atoms with van der Waals surface area (Å²) in [6.45, 7) is 0.140. The largest absolute Gasteiger partial charge is 0.486 e. The maximum absolute atomic E-state index is 11.9. The quantitative estimate of drug-likeness (QED) is 0.808. The molecule has 0 aromatic carbocycles. The fraction of sp³-hybridized carbons (Fsp3) is 0.545. The highest BCUT2D eigenvalue weighted by Crippen LogP contribution is 2.19. The lowest BCUT2D eigenvalue weighted by atomic mass is 10.3. The van der Waals surface area contributed by atoms with Crippen LogP contribution in [0, 0.1) is 0 Å². The number of hydrogen-bond donors (Lipinski definition) is 1. The van der Waals surface area contributed by atoms with Gasteiger partial charge in [0.25, 0.3) is 6.43 Å². The Labute approximate surface area is 92.8 Å². The molecule has 16 heavy (non-hydrogen) atoms. The van der Waals surface area contributed by atoms with Crippen LogP contribution < -0.4 is 10.1 Å². The highest BCUT2D eigenvalue weighted by Gasteiger charge is 2.20. The van der Waals surface area contributed by atoms with Gasteiger partial charge in [0.05, 0.1) is 11.9 Å². The first-order chi connectivity index (χ1) is 7.74. The Hall–Kier alpha value is -1.23. The number of halogens is 2. The standard InChI is InChI=1S/C11H14F2N2O/c12-11(13)7-16-10-4-3-9(15-6-10)5-14-8-1-2-8/h3-4,6,8,11,14H,1-2,5,7H2. The topological polar surface area (TPSA) is 34.1 Å². The predicted octanol–water partition coefficient (Wildman–Crippen LogP) is 1.98. The molecule has 0 bridgehead atoms. The van der Waals surface area contributed by atoms with Crippen molar-refractivity contribution in [2.24, 2.45) is 0 Å². The second-order valence-electron chi connectivity index (χ2n) is 3.84. The van der Waals surface area contributed by atoms with E-state index in [1.54, 1.807) is 12.1 Å². The van der Waals surface area contributed by atoms with Crippen LogP contribution in [0.1, 0.15) is 18.5 Å². The number of ether oxygens (including phenoxy) is 1. The summed E-state index contributed by atoms with van der Waals surface area (Å²) in [5, 5.41) is 3.32. The minimum absolute atomic E-state index is 0.385. The zero-order valence-electron chi connectivity index (χ0n) is 8.83. The normalized spacial score (nSPS) is 15.4. The summed E-state index contributed by atoms with van der Waals surface area (Å²) < 4.78 is 28.5. The van der Waals surface area contributed by atoms with Gasteiger partial charge in [0.2, 0.25) is 0 Å². The number of aromatic nitrogens is 1. The molecule has 5 heteroatoms. The molecule has 0 unspecified atom stereocenters. The number of rotatable bonds is 6. The molecule has 1 heterocycles. The van der Waals surface area contributed by atoms with Gasteiger partial charge in [0.1, 0.15) is 12.4 Å². The molecule has 1 aromatic rings. The van der Waals surface area contributed by atoms with E-state index in [-0.39, 0.29) is 0 Å². The van der Waals surface area contributed by atoms with Crippen LogP contribution in [0.15, 0.2) is 18.3 Å². The molecule has 1 N–H and O–H groups in total. The Bertz CT molecular complexity index is 300. The Kier molecular flexibility index (Phi) is 3.66. The van der Waals surface area contributed by atoms with Crippen LogP contribution in [0.25, 0.3) is 0 Å². The van der Waals surface area contributed by atoms with E-state index in [9.17, 15) is 8.78 Å². The van der Waals surface area contributed by atoms with E-state index in [2.05, 4.69) is 10.3 Å². The molecule has 1 aliphatic rings. The number of nitrogens with one attached hydrogen (secondary N) is 1. The lowest BCUT2D eigenvalue weighted by molar-refractivity contribution is 0.0817. The average Bonchev–Trinajstić information content (AvgIpc) is 3.09. The minimum atomic E-state index is -2.45. The number of hydrogen-bond acceptors (Lipinski definition) is 3. The molecule has 0 saturated heterocycles. The smallest absolute Gasteiger partial charge is 0.272 e. The Morgan fingerprint density at radius 3 is 2.81 bits per heavy atom. The summed E-state index contributed by atoms with van der Waals surface area (Å²) >= 11 is 0. The van der Waals surface area contributed by atoms with Gasteiger partial charge in [-0.05, 0) is 25.0 Å². The van der Waals surface area contributed by atoms with Gasteiger partial charge in [-0.3, -0.25) is 4.98 Å². The summed E-state index contributed by atoms with van der Waals surface area (Å²) in [7, 11) is 0. The number of nitrogens with zero attached hydrogens (tertiary/aromatic N) is 1. The molecule has 0 radical (unpaired) electrons. The van der Waals surface area contributed by atoms with Crippen molar-refractivity contribution in [2.75, 3.05) is 6.61 Å². The lowest BCUT2D eigenvalue weighted by Crippen LogP contribution is -2.16. The zero-order chi connectivity index (χ0) is 11.4. The molecule has 1 fully saturated rings. The Balaban J connectivity index is 1.78. The molecule has 3 nitrogen and oxygen atoms in total. The van der Waals surface area contributed by atoms with Gasteiger partial charge in [0, 0.05) is 12.6 Å². The van der Waals surface area contributed by atoms with Crippen molar-refractivity contribution < 1.29 is 13.5 Å². The fourth-order valence-electron chi connectivity index (χ4n) is 1.30. The number of pyridine rings is 1. The highest BCUT2D eigenvalue weighted by atomic mass is 19.3. The van der Waals surface area contributed by atoms with Crippen LogP contribution in [0.4, 0.5) is 8.78 Å². The van der Waals surface area contributed by atoms with Gasteiger partial charge in [0.15, 0.2) is 0 Å². The van der Waals surface area contributed by atoms with Crippen molar-refractivity contribution in [3.05, 3.63) is 24.0 Å². The zero-order valence-corrected chi connectivity index (χ0v) is 8.83. The third kappa shape index (κ3) is 3.73. The van der Waals surface area contributed by atoms with Crippen molar-refractivity contribution in [3.63, 3.8) is 0 Å². The molecular formula is C11H14F2N2O. The van der Waals surface area contributed by atoms with E-state index >= 15 is 0 Å². The molecule has 88 valence electrons. The van der Waals surface area contributed by atoms with Crippen LogP contribution in [-0.2, 0) is 6.54 Å². The molecular weight excluding hydrogens is 214 g/mol. The van der Waals surface area contributed by atoms with Gasteiger partial charge >= 0.3 is 0 Å². The van der Waals surface area contributed by atoms with E-state index in [0.717, 1.165) is 12.2 Å². The van der Waals surface area contributed by atoms with Crippen molar-refractivity contribution in [1.82, 2.24) is 10.3 Å². The summed E-state index contributed by atoms with van der Waals surface area (Å²) in [5.41, 5.74) is 0.899. The van der Waals surface area contributed by atoms with Gasteiger partial charge in [-0.25, -0.2) is 8.78 Å². The second-order valence-corrected chi connectivity index (χ2v) is 3.84. The molecule has 0 amide bonds. The van der Waals surface area contributed by atoms with Crippen molar-refractivity contribution >= 4 is 0 Å². The van der Waals surface area contributed by atoms with Gasteiger partial charge in [-0.2, -0.15) is 0 Å². The van der Waals surface area contributed by atoms with Gasteiger partial charge in [-0.15, -0.1) is 0 Å². The van der Waals surface area contributed by atoms with E-state index in [1.807, 2.05) is 0 Å². The van der Waals surface area contributed by atoms with E-state index in [4.69, 9.17) is 4.74 Å². The third-order valence-electron chi connectivity index (χ3n) is 2.32. The van der Waals surface area contributed by atoms with Crippen molar-refractivity contribution in [3.8, 4) is 5.75 Å². The summed E-state index contributed by atoms with van der Waals surface area (Å²) in [5.74, 6) is 0.385. The van der Waals surface area contributed by atoms with Crippen LogP contribution >= 0.6 is 0 Å². The number of alkyl halides is 2. The second kappa shape index (κ2) is 5.21. The van der Waals surface area contributed by atoms with Crippen LogP contribution in [0.3, 0.4) is 0 Å². The van der Waals surface area contributed by atoms with Crippen LogP contribution in [0.2, 0.25) is 0 Å². The van der Waals surface area contributed by atoms with E-state index in [1.165, 1.54) is 19.0 Å². The summed E-state index contributed by atoms with van der Waals surface area (Å²) in [6.07, 6.45) is 1.49. The van der Waals surface area contributed by atoms with Crippen molar-refractivity contribution in [2.45, 2.75) is 31.9 Å². The maximum atomic E-state index is 11.9. The van der Waals surface area contributed by atoms with Crippen LogP contribution in [0.5, 0.6) is 5.75 Å². The summed E-state index contributed by atoms with van der Waals surface area (Å²) in [4.78, 5) is 4.12. The van der Waals surface area contributed by atoms with E-state index < -0.39 is 13.0 Å². The SMILES string of the molecule is FC(F)COc1ccc(CNC2CC2)nc1. The highest BCUT2D eigenvalue weighted by molar-refractivity contribution is 5.19. The lowest BCUT2D eigenvalue weighted by Gasteiger charge is -2.06. The predicted molar refractivity (Wildman–Crippen MR) is 55.6 cm³/mol. The van der Waals surface area contributed by atoms with E-state index in [0.29, 0.717) is 11.8 Å². The average molecular weight is 228 g/mol. The van der Waals surface area contributed by atoms with Crippen molar-refractivity contribution in [1.29, 1.82) is 0 Å². The monoisotopic (exact) mass is 228 g/mol. The van der Waals surface area contributed by atoms with Crippen LogP contribution in [-0.4, -0.2) is 24.1 Å². The third-order valence-corrected chi connectivity index (χ3v) is 2.32. The van der Waals surface area contributed by atoms with Gasteiger partial charge in [-0.1, -0.05) is 0 Å². The Morgan fingerprint density at radius 2 is 2.25 bits per heavy atom. The first-order valence-electron chi connectivity index (χ1n) is 5.33. The molecule has 0 aliphatic heterocycles. The van der Waals surface area contributed by atoms with Gasteiger partial charge < -0.3 is 10.1 Å².